The summed E-state index contributed by atoms with van der Waals surface area (Å²) in [6, 6.07) is 12.6. The Kier molecular flexibility index (Phi) is 6.43. The van der Waals surface area contributed by atoms with E-state index in [-0.39, 0.29) is 10.6 Å². The van der Waals surface area contributed by atoms with Crippen molar-refractivity contribution in [3.63, 3.8) is 0 Å². The molecule has 1 aromatic heterocycles. The minimum absolute atomic E-state index is 0.0944. The first-order valence-corrected chi connectivity index (χ1v) is 10.3. The van der Waals surface area contributed by atoms with Crippen molar-refractivity contribution in [1.29, 1.82) is 0 Å². The Balaban J connectivity index is 1.91. The lowest BCUT2D eigenvalue weighted by Crippen LogP contribution is -2.31. The number of aromatic hydroxyl groups is 1. The Morgan fingerprint density at radius 2 is 1.80 bits per heavy atom. The van der Waals surface area contributed by atoms with Crippen molar-refractivity contribution in [3.05, 3.63) is 77.6 Å². The standard InChI is InChI=1S/C23H23F3N2OS/c1-4-15-14-27-10-9-19(15)16-11-17(13-18(29)12-16)22(2,3)28-30-21-8-6-5-7-20(21)23(24,25)26/h5-14,28-29H,4H2,1-3H3. The molecule has 7 heteroatoms. The average molecular weight is 433 g/mol. The van der Waals surface area contributed by atoms with Crippen LogP contribution in [0.15, 0.2) is 65.8 Å². The van der Waals surface area contributed by atoms with Crippen molar-refractivity contribution >= 4 is 11.9 Å². The van der Waals surface area contributed by atoms with Gasteiger partial charge in [-0.25, -0.2) is 4.72 Å². The van der Waals surface area contributed by atoms with E-state index in [1.807, 2.05) is 32.9 Å². The fraction of sp³-hybridized carbons (Fsp3) is 0.261. The highest BCUT2D eigenvalue weighted by atomic mass is 32.2. The van der Waals surface area contributed by atoms with Crippen LogP contribution in [-0.4, -0.2) is 10.1 Å². The molecule has 3 nitrogen and oxygen atoms in total. The summed E-state index contributed by atoms with van der Waals surface area (Å²) < 4.78 is 43.0. The summed E-state index contributed by atoms with van der Waals surface area (Å²) in [6.07, 6.45) is -0.136. The lowest BCUT2D eigenvalue weighted by Gasteiger charge is -2.28. The number of halogens is 3. The normalized spacial score (nSPS) is 12.2. The van der Waals surface area contributed by atoms with E-state index in [1.165, 1.54) is 12.1 Å². The summed E-state index contributed by atoms with van der Waals surface area (Å²) in [6.45, 7) is 5.76. The second-order valence-electron chi connectivity index (χ2n) is 7.48. The van der Waals surface area contributed by atoms with E-state index in [0.29, 0.717) is 0 Å². The number of alkyl halides is 3. The summed E-state index contributed by atoms with van der Waals surface area (Å²) in [7, 11) is 0. The summed E-state index contributed by atoms with van der Waals surface area (Å²) in [5.41, 5.74) is 2.22. The third-order valence-electron chi connectivity index (χ3n) is 4.84. The van der Waals surface area contributed by atoms with E-state index >= 15 is 0 Å². The summed E-state index contributed by atoms with van der Waals surface area (Å²) in [5.74, 6) is 0.0944. The highest BCUT2D eigenvalue weighted by molar-refractivity contribution is 7.97. The number of phenolic OH excluding ortho intramolecular Hbond substituents is 1. The number of phenols is 1. The Labute approximate surface area is 178 Å². The van der Waals surface area contributed by atoms with Gasteiger partial charge in [-0.05, 0) is 90.9 Å². The molecule has 0 aliphatic heterocycles. The Morgan fingerprint density at radius 3 is 2.50 bits per heavy atom. The van der Waals surface area contributed by atoms with Gasteiger partial charge in [0.1, 0.15) is 5.75 Å². The number of nitrogens with zero attached hydrogens (tertiary/aromatic N) is 1. The largest absolute Gasteiger partial charge is 0.508 e. The smallest absolute Gasteiger partial charge is 0.417 e. The van der Waals surface area contributed by atoms with Crippen LogP contribution in [0, 0.1) is 0 Å². The monoisotopic (exact) mass is 432 g/mol. The van der Waals surface area contributed by atoms with E-state index in [2.05, 4.69) is 9.71 Å². The van der Waals surface area contributed by atoms with E-state index in [0.717, 1.165) is 46.7 Å². The van der Waals surface area contributed by atoms with Gasteiger partial charge >= 0.3 is 6.18 Å². The lowest BCUT2D eigenvalue weighted by molar-refractivity contribution is -0.139. The molecule has 2 N–H and O–H groups in total. The first-order chi connectivity index (χ1) is 14.1. The molecule has 3 aromatic rings. The zero-order valence-electron chi connectivity index (χ0n) is 16.9. The van der Waals surface area contributed by atoms with E-state index in [1.54, 1.807) is 30.6 Å². The van der Waals surface area contributed by atoms with Crippen molar-refractivity contribution in [1.82, 2.24) is 9.71 Å². The van der Waals surface area contributed by atoms with E-state index in [9.17, 15) is 18.3 Å². The van der Waals surface area contributed by atoms with Crippen molar-refractivity contribution in [2.75, 3.05) is 0 Å². The summed E-state index contributed by atoms with van der Waals surface area (Å²) in [4.78, 5) is 4.25. The molecule has 0 saturated heterocycles. The first kappa shape index (κ1) is 22.2. The van der Waals surface area contributed by atoms with Gasteiger partial charge in [0.25, 0.3) is 0 Å². The second-order valence-corrected chi connectivity index (χ2v) is 8.33. The van der Waals surface area contributed by atoms with Crippen LogP contribution in [0.5, 0.6) is 5.75 Å². The molecule has 0 radical (unpaired) electrons. The van der Waals surface area contributed by atoms with Crippen molar-refractivity contribution < 1.29 is 18.3 Å². The van der Waals surface area contributed by atoms with Gasteiger partial charge in [-0.2, -0.15) is 13.2 Å². The first-order valence-electron chi connectivity index (χ1n) is 9.50. The van der Waals surface area contributed by atoms with Crippen molar-refractivity contribution in [3.8, 4) is 16.9 Å². The molecule has 0 saturated carbocycles. The van der Waals surface area contributed by atoms with Crippen LogP contribution in [0.2, 0.25) is 0 Å². The second kappa shape index (κ2) is 8.70. The molecular weight excluding hydrogens is 409 g/mol. The SMILES string of the molecule is CCc1cnccc1-c1cc(O)cc(C(C)(C)NSc2ccccc2C(F)(F)F)c1. The van der Waals surface area contributed by atoms with Gasteiger partial charge in [0.2, 0.25) is 0 Å². The molecule has 30 heavy (non-hydrogen) atoms. The maximum Gasteiger partial charge on any atom is 0.417 e. The van der Waals surface area contributed by atoms with Crippen molar-refractivity contribution in [2.24, 2.45) is 0 Å². The fourth-order valence-electron chi connectivity index (χ4n) is 3.15. The molecule has 0 atom stereocenters. The third kappa shape index (κ3) is 4.96. The number of aromatic nitrogens is 1. The average Bonchev–Trinajstić information content (AvgIpc) is 2.71. The zero-order chi connectivity index (χ0) is 21.9. The van der Waals surface area contributed by atoms with Gasteiger partial charge in [-0.1, -0.05) is 19.1 Å². The van der Waals surface area contributed by atoms with Crippen LogP contribution in [0.4, 0.5) is 13.2 Å². The maximum atomic E-state index is 13.3. The Bertz CT molecular complexity index is 1030. The molecule has 0 spiro atoms. The van der Waals surface area contributed by atoms with Gasteiger partial charge in [0.05, 0.1) is 5.56 Å². The molecule has 0 aliphatic carbocycles. The van der Waals surface area contributed by atoms with E-state index < -0.39 is 17.3 Å². The molecular formula is C23H23F3N2OS. The molecule has 158 valence electrons. The predicted molar refractivity (Wildman–Crippen MR) is 114 cm³/mol. The van der Waals surface area contributed by atoms with Crippen LogP contribution < -0.4 is 4.72 Å². The van der Waals surface area contributed by atoms with Crippen LogP contribution >= 0.6 is 11.9 Å². The maximum absolute atomic E-state index is 13.3. The molecule has 1 heterocycles. The van der Waals surface area contributed by atoms with Crippen molar-refractivity contribution in [2.45, 2.75) is 43.8 Å². The van der Waals surface area contributed by atoms with E-state index in [4.69, 9.17) is 0 Å². The highest BCUT2D eigenvalue weighted by Crippen LogP contribution is 2.38. The number of benzene rings is 2. The third-order valence-corrected chi connectivity index (χ3v) is 6.03. The van der Waals surface area contributed by atoms with Crippen LogP contribution in [0.1, 0.15) is 37.5 Å². The van der Waals surface area contributed by atoms with Gasteiger partial charge < -0.3 is 5.11 Å². The number of nitrogens with one attached hydrogen (secondary N) is 1. The Hall–Kier alpha value is -2.51. The summed E-state index contributed by atoms with van der Waals surface area (Å²) in [5, 5.41) is 10.3. The fourth-order valence-corrected chi connectivity index (χ4v) is 4.07. The molecule has 3 rings (SSSR count). The van der Waals surface area contributed by atoms with Crippen LogP contribution in [-0.2, 0) is 18.1 Å². The predicted octanol–water partition coefficient (Wildman–Crippen LogP) is 6.57. The zero-order valence-corrected chi connectivity index (χ0v) is 17.7. The van der Waals surface area contributed by atoms with Crippen LogP contribution in [0.3, 0.4) is 0 Å². The molecule has 2 aromatic carbocycles. The molecule has 0 aliphatic rings. The quantitative estimate of drug-likeness (QED) is 0.433. The highest BCUT2D eigenvalue weighted by Gasteiger charge is 2.34. The minimum atomic E-state index is -4.43. The van der Waals surface area contributed by atoms with Gasteiger partial charge in [-0.3, -0.25) is 4.98 Å². The van der Waals surface area contributed by atoms with Gasteiger partial charge in [0.15, 0.2) is 0 Å². The summed E-state index contributed by atoms with van der Waals surface area (Å²) >= 11 is 0.929. The number of rotatable bonds is 6. The Morgan fingerprint density at radius 1 is 1.07 bits per heavy atom. The van der Waals surface area contributed by atoms with Crippen LogP contribution in [0.25, 0.3) is 11.1 Å². The molecule has 0 amide bonds. The van der Waals surface area contributed by atoms with Gasteiger partial charge in [-0.15, -0.1) is 0 Å². The number of hydrogen-bond donors (Lipinski definition) is 2. The number of pyridine rings is 1. The lowest BCUT2D eigenvalue weighted by atomic mass is 9.91. The molecule has 0 fully saturated rings. The molecule has 0 bridgehead atoms. The molecule has 0 unspecified atom stereocenters. The topological polar surface area (TPSA) is 45.2 Å². The van der Waals surface area contributed by atoms with Gasteiger partial charge in [0, 0.05) is 22.8 Å². The minimum Gasteiger partial charge on any atom is -0.508 e. The number of hydrogen-bond acceptors (Lipinski definition) is 4. The number of aryl methyl sites for hydroxylation is 1.